The van der Waals surface area contributed by atoms with Crippen LogP contribution in [-0.4, -0.2) is 0 Å². The number of ether oxygens (including phenoxy) is 1. The normalized spacial score (nSPS) is 13.9. The highest BCUT2D eigenvalue weighted by Crippen LogP contribution is 2.26. The summed E-state index contributed by atoms with van der Waals surface area (Å²) in [6, 6.07) is 14.5. The monoisotopic (exact) mass is 229 g/mol. The molecule has 2 rings (SSSR count). The number of hydrogen-bond donors (Lipinski definition) is 0. The number of benzene rings is 2. The molecule has 2 aromatic carbocycles. The predicted molar refractivity (Wildman–Crippen MR) is 71.8 cm³/mol. The number of hydrogen-bond acceptors (Lipinski definition) is 1. The van der Waals surface area contributed by atoms with Crippen LogP contribution in [0.25, 0.3) is 0 Å². The lowest BCUT2D eigenvalue weighted by Crippen LogP contribution is -1.89. The molecule has 0 radical (unpaired) electrons. The van der Waals surface area contributed by atoms with Gasteiger partial charge >= 0.3 is 0 Å². The number of aryl methyl sites for hydroxylation is 1. The topological polar surface area (TPSA) is 9.23 Å². The second-order valence-electron chi connectivity index (χ2n) is 4.32. The molecule has 0 fully saturated rings. The molecular formula is C16H18O. The molecule has 0 atom stereocenters. The van der Waals surface area contributed by atoms with Crippen LogP contribution in [0.2, 0.25) is 0 Å². The lowest BCUT2D eigenvalue weighted by molar-refractivity contribution is 0.478. The van der Waals surface area contributed by atoms with E-state index >= 15 is 0 Å². The van der Waals surface area contributed by atoms with Crippen molar-refractivity contribution in [2.24, 2.45) is 0 Å². The van der Waals surface area contributed by atoms with Gasteiger partial charge in [0.25, 0.3) is 0 Å². The van der Waals surface area contributed by atoms with Crippen molar-refractivity contribution in [1.82, 2.24) is 0 Å². The minimum atomic E-state index is -2.17. The fraction of sp³-hybridized carbons (Fsp3) is 0.250. The van der Waals surface area contributed by atoms with E-state index in [4.69, 9.17) is 8.85 Å². The van der Waals surface area contributed by atoms with Crippen molar-refractivity contribution in [3.8, 4) is 11.5 Å². The van der Waals surface area contributed by atoms with Crippen molar-refractivity contribution >= 4 is 0 Å². The summed E-state index contributed by atoms with van der Waals surface area (Å²) in [6.45, 7) is 2.08. The Bertz CT molecular complexity index is 571. The second-order valence-corrected chi connectivity index (χ2v) is 4.32. The molecule has 0 heterocycles. The van der Waals surface area contributed by atoms with Crippen molar-refractivity contribution in [1.29, 1.82) is 0 Å². The maximum atomic E-state index is 7.52. The lowest BCUT2D eigenvalue weighted by Gasteiger charge is -2.10. The van der Waals surface area contributed by atoms with Crippen LogP contribution in [0, 0.1) is 6.85 Å². The Morgan fingerprint density at radius 3 is 2.35 bits per heavy atom. The summed E-state index contributed by atoms with van der Waals surface area (Å²) < 4.78 is 28.3. The van der Waals surface area contributed by atoms with Gasteiger partial charge < -0.3 is 4.74 Å². The summed E-state index contributed by atoms with van der Waals surface area (Å²) in [5, 5.41) is 0. The van der Waals surface area contributed by atoms with E-state index < -0.39 is 6.85 Å². The van der Waals surface area contributed by atoms with E-state index in [2.05, 4.69) is 13.8 Å². The highest BCUT2D eigenvalue weighted by Gasteiger charge is 2.02. The molecule has 2 aromatic rings. The van der Waals surface area contributed by atoms with Crippen molar-refractivity contribution in [2.75, 3.05) is 0 Å². The first-order valence-corrected chi connectivity index (χ1v) is 5.75. The zero-order valence-corrected chi connectivity index (χ0v) is 10.1. The third kappa shape index (κ3) is 2.88. The lowest BCUT2D eigenvalue weighted by atomic mass is 10.0. The first-order chi connectivity index (χ1) is 9.38. The predicted octanol–water partition coefficient (Wildman–Crippen LogP) is 4.91. The maximum absolute atomic E-state index is 7.52. The van der Waals surface area contributed by atoms with Gasteiger partial charge in [-0.1, -0.05) is 44.2 Å². The first-order valence-electron chi connectivity index (χ1n) is 7.25. The van der Waals surface area contributed by atoms with E-state index in [0.717, 1.165) is 0 Å². The van der Waals surface area contributed by atoms with Crippen LogP contribution in [0.5, 0.6) is 11.5 Å². The molecule has 17 heavy (non-hydrogen) atoms. The molecule has 0 aromatic heterocycles. The van der Waals surface area contributed by atoms with Crippen LogP contribution < -0.4 is 4.74 Å². The molecule has 0 saturated carbocycles. The summed E-state index contributed by atoms with van der Waals surface area (Å²) in [6.07, 6.45) is 0. The van der Waals surface area contributed by atoms with E-state index in [0.29, 0.717) is 17.4 Å². The van der Waals surface area contributed by atoms with Gasteiger partial charge in [-0.2, -0.15) is 0 Å². The fourth-order valence-corrected chi connectivity index (χ4v) is 1.60. The van der Waals surface area contributed by atoms with Gasteiger partial charge in [0.2, 0.25) is 0 Å². The van der Waals surface area contributed by atoms with Gasteiger partial charge in [0.15, 0.2) is 0 Å². The van der Waals surface area contributed by atoms with Gasteiger partial charge in [0, 0.05) is 4.11 Å². The van der Waals surface area contributed by atoms with Crippen molar-refractivity contribution in [2.45, 2.75) is 26.6 Å². The minimum absolute atomic E-state index is 0.230. The Balaban J connectivity index is 2.26. The molecular weight excluding hydrogens is 208 g/mol. The van der Waals surface area contributed by atoms with E-state index in [1.165, 1.54) is 5.56 Å². The third-order valence-corrected chi connectivity index (χ3v) is 2.66. The Hall–Kier alpha value is -1.76. The standard InChI is InChI=1S/C16H18O/c1-12(2)14-8-10-15(11-9-14)17-16-7-5-4-6-13(16)3/h4-12H,1-3H3/i3D3. The van der Waals surface area contributed by atoms with Crippen LogP contribution in [0.3, 0.4) is 0 Å². The average molecular weight is 229 g/mol. The quantitative estimate of drug-likeness (QED) is 0.726. The summed E-state index contributed by atoms with van der Waals surface area (Å²) in [5.74, 6) is 1.48. The Kier molecular flexibility index (Phi) is 2.48. The molecule has 0 aliphatic heterocycles. The van der Waals surface area contributed by atoms with E-state index in [1.807, 2.05) is 24.3 Å². The van der Waals surface area contributed by atoms with Gasteiger partial charge in [-0.15, -0.1) is 0 Å². The third-order valence-electron chi connectivity index (χ3n) is 2.66. The molecule has 88 valence electrons. The van der Waals surface area contributed by atoms with Gasteiger partial charge in [0.1, 0.15) is 11.5 Å². The summed E-state index contributed by atoms with van der Waals surface area (Å²) >= 11 is 0. The Morgan fingerprint density at radius 2 is 1.71 bits per heavy atom. The van der Waals surface area contributed by atoms with Gasteiger partial charge in [0.05, 0.1) is 0 Å². The molecule has 1 heteroatoms. The van der Waals surface area contributed by atoms with Crippen LogP contribution in [0.15, 0.2) is 48.5 Å². The second kappa shape index (κ2) is 5.05. The molecule has 0 aliphatic carbocycles. The Morgan fingerprint density at radius 1 is 1.00 bits per heavy atom. The molecule has 0 bridgehead atoms. The van der Waals surface area contributed by atoms with Gasteiger partial charge in [-0.05, 0) is 42.1 Å². The number of rotatable bonds is 3. The maximum Gasteiger partial charge on any atom is 0.130 e. The first kappa shape index (κ1) is 8.35. The highest BCUT2D eigenvalue weighted by molar-refractivity contribution is 5.38. The molecule has 0 aliphatic rings. The van der Waals surface area contributed by atoms with Gasteiger partial charge in [-0.25, -0.2) is 0 Å². The highest BCUT2D eigenvalue weighted by atomic mass is 16.5. The van der Waals surface area contributed by atoms with Crippen LogP contribution in [0.1, 0.15) is 35.0 Å². The molecule has 1 nitrogen and oxygen atoms in total. The van der Waals surface area contributed by atoms with Crippen LogP contribution in [0.4, 0.5) is 0 Å². The van der Waals surface area contributed by atoms with Crippen molar-refractivity contribution in [3.05, 3.63) is 59.7 Å². The van der Waals surface area contributed by atoms with E-state index in [-0.39, 0.29) is 5.56 Å². The molecule has 0 saturated heterocycles. The molecule has 0 spiro atoms. The van der Waals surface area contributed by atoms with E-state index in [1.54, 1.807) is 24.3 Å². The average Bonchev–Trinajstić information content (AvgIpc) is 2.38. The number of para-hydroxylation sites is 1. The molecule has 0 N–H and O–H groups in total. The van der Waals surface area contributed by atoms with E-state index in [9.17, 15) is 0 Å². The van der Waals surface area contributed by atoms with Crippen LogP contribution >= 0.6 is 0 Å². The SMILES string of the molecule is [2H]C([2H])([2H])c1ccccc1Oc1ccc(C(C)C)cc1. The smallest absolute Gasteiger partial charge is 0.130 e. The van der Waals surface area contributed by atoms with Crippen molar-refractivity contribution < 1.29 is 8.85 Å². The zero-order valence-electron chi connectivity index (χ0n) is 13.1. The molecule has 0 unspecified atom stereocenters. The summed E-state index contributed by atoms with van der Waals surface area (Å²) in [4.78, 5) is 0. The largest absolute Gasteiger partial charge is 0.457 e. The summed E-state index contributed by atoms with van der Waals surface area (Å²) in [7, 11) is 0. The zero-order chi connectivity index (χ0) is 14.8. The Labute approximate surface area is 107 Å². The minimum Gasteiger partial charge on any atom is -0.457 e. The van der Waals surface area contributed by atoms with Crippen LogP contribution in [-0.2, 0) is 0 Å². The summed E-state index contributed by atoms with van der Waals surface area (Å²) in [5.41, 5.74) is 1.45. The molecule has 0 amide bonds. The fourth-order valence-electron chi connectivity index (χ4n) is 1.60. The van der Waals surface area contributed by atoms with Crippen molar-refractivity contribution in [3.63, 3.8) is 0 Å². The van der Waals surface area contributed by atoms with Gasteiger partial charge in [-0.3, -0.25) is 0 Å².